The predicted octanol–water partition coefficient (Wildman–Crippen LogP) is 5.13. The van der Waals surface area contributed by atoms with Crippen LogP contribution < -0.4 is 0 Å². The number of hydrogen-bond donors (Lipinski definition) is 1. The summed E-state index contributed by atoms with van der Waals surface area (Å²) >= 11 is 0. The Morgan fingerprint density at radius 2 is 0.692 bits per heavy atom. The van der Waals surface area contributed by atoms with Gasteiger partial charge in [-0.3, -0.25) is 0 Å². The summed E-state index contributed by atoms with van der Waals surface area (Å²) in [4.78, 5) is 0. The Bertz CT molecular complexity index is 476. The molecule has 16 heteroatoms. The van der Waals surface area contributed by atoms with Crippen molar-refractivity contribution < 1.29 is 71.0 Å². The molecule has 2 atom stereocenters. The second-order valence-electron chi connectivity index (χ2n) is 5.34. The smallest absolute Gasteiger partial charge is 0.331 e. The Labute approximate surface area is 133 Å². The number of rotatable bonds is 6. The van der Waals surface area contributed by atoms with Crippen molar-refractivity contribution in [2.75, 3.05) is 0 Å². The fourth-order valence-corrected chi connectivity index (χ4v) is 1.44. The quantitative estimate of drug-likeness (QED) is 0.582. The van der Waals surface area contributed by atoms with Crippen molar-refractivity contribution >= 4 is 0 Å². The number of alkyl halides is 15. The van der Waals surface area contributed by atoms with Crippen LogP contribution in [0.1, 0.15) is 13.8 Å². The molecule has 0 aromatic heterocycles. The first kappa shape index (κ1) is 24.9. The summed E-state index contributed by atoms with van der Waals surface area (Å²) in [5, 5.41) is 7.66. The van der Waals surface area contributed by atoms with Crippen LogP contribution in [0.15, 0.2) is 0 Å². The number of aliphatic hydroxyl groups is 1. The van der Waals surface area contributed by atoms with Gasteiger partial charge in [0.2, 0.25) is 5.67 Å². The predicted molar refractivity (Wildman–Crippen MR) is 52.0 cm³/mol. The molecule has 0 rings (SSSR count). The zero-order chi connectivity index (χ0) is 22.0. The molecule has 26 heavy (non-hydrogen) atoms. The summed E-state index contributed by atoms with van der Waals surface area (Å²) in [6, 6.07) is 0. The van der Waals surface area contributed by atoms with Gasteiger partial charge in [-0.25, -0.2) is 8.78 Å². The van der Waals surface area contributed by atoms with Gasteiger partial charge in [0.15, 0.2) is 0 Å². The lowest BCUT2D eigenvalue weighted by Gasteiger charge is -2.45. The summed E-state index contributed by atoms with van der Waals surface area (Å²) in [7, 11) is 0. The molecule has 0 aromatic carbocycles. The standard InChI is InChI=1S/C10H7F15O/c1-3(11,7(17,18)10(24,25)26)5(13,14)8(19,20)6(15,16)4(2,12)9(21,22)23/h26H,1-2H3. The normalized spacial score (nSPS) is 20.5. The second-order valence-corrected chi connectivity index (χ2v) is 5.34. The molecule has 0 radical (unpaired) electrons. The maximum atomic E-state index is 13.5. The second kappa shape index (κ2) is 5.70. The number of hydrogen-bond acceptors (Lipinski definition) is 1. The monoisotopic (exact) mass is 428 g/mol. The van der Waals surface area contributed by atoms with E-state index >= 15 is 0 Å². The zero-order valence-electron chi connectivity index (χ0n) is 12.1. The molecule has 1 nitrogen and oxygen atoms in total. The van der Waals surface area contributed by atoms with E-state index in [0.717, 1.165) is 0 Å². The molecule has 0 heterocycles. The molecule has 2 unspecified atom stereocenters. The van der Waals surface area contributed by atoms with Gasteiger partial charge in [-0.05, 0) is 13.8 Å². The Morgan fingerprint density at radius 1 is 0.423 bits per heavy atom. The molecule has 0 aromatic rings. The lowest BCUT2D eigenvalue weighted by molar-refractivity contribution is -0.437. The van der Waals surface area contributed by atoms with Gasteiger partial charge in [0.1, 0.15) is 0 Å². The van der Waals surface area contributed by atoms with Crippen molar-refractivity contribution in [3.05, 3.63) is 0 Å². The molecule has 0 fully saturated rings. The maximum Gasteiger partial charge on any atom is 0.428 e. The summed E-state index contributed by atoms with van der Waals surface area (Å²) in [5.41, 5.74) is -13.3. The van der Waals surface area contributed by atoms with Crippen molar-refractivity contribution in [3.8, 4) is 0 Å². The highest BCUT2D eigenvalue weighted by Gasteiger charge is 2.91. The highest BCUT2D eigenvalue weighted by molar-refractivity contribution is 5.17. The highest BCUT2D eigenvalue weighted by Crippen LogP contribution is 2.62. The van der Waals surface area contributed by atoms with E-state index in [0.29, 0.717) is 0 Å². The van der Waals surface area contributed by atoms with Gasteiger partial charge < -0.3 is 5.11 Å². The molecule has 0 aliphatic heterocycles. The van der Waals surface area contributed by atoms with E-state index in [1.165, 1.54) is 0 Å². The minimum Gasteiger partial charge on any atom is -0.331 e. The molecule has 0 saturated heterocycles. The van der Waals surface area contributed by atoms with Crippen molar-refractivity contribution in [2.45, 2.75) is 61.2 Å². The van der Waals surface area contributed by atoms with Crippen LogP contribution in [-0.4, -0.2) is 52.4 Å². The van der Waals surface area contributed by atoms with Crippen molar-refractivity contribution in [1.29, 1.82) is 0 Å². The van der Waals surface area contributed by atoms with E-state index in [1.54, 1.807) is 0 Å². The molecule has 0 bridgehead atoms. The van der Waals surface area contributed by atoms with Crippen LogP contribution in [0, 0.1) is 0 Å². The van der Waals surface area contributed by atoms with Crippen molar-refractivity contribution in [2.24, 2.45) is 0 Å². The van der Waals surface area contributed by atoms with Crippen LogP contribution in [0.5, 0.6) is 0 Å². The Kier molecular flexibility index (Phi) is 5.46. The van der Waals surface area contributed by atoms with Crippen LogP contribution in [0.4, 0.5) is 65.9 Å². The summed E-state index contributed by atoms with van der Waals surface area (Å²) < 4.78 is 193. The van der Waals surface area contributed by atoms with E-state index < -0.39 is 61.2 Å². The minimum atomic E-state index is -7.92. The highest BCUT2D eigenvalue weighted by atomic mass is 19.4. The van der Waals surface area contributed by atoms with Crippen LogP contribution in [-0.2, 0) is 0 Å². The lowest BCUT2D eigenvalue weighted by Crippen LogP contribution is -2.75. The Balaban J connectivity index is 6.61. The molecule has 0 saturated carbocycles. The first-order chi connectivity index (χ1) is 10.8. The van der Waals surface area contributed by atoms with Crippen molar-refractivity contribution in [3.63, 3.8) is 0 Å². The van der Waals surface area contributed by atoms with Gasteiger partial charge in [0, 0.05) is 0 Å². The molecule has 0 aliphatic carbocycles. The van der Waals surface area contributed by atoms with Gasteiger partial charge in [-0.1, -0.05) is 0 Å². The number of halogens is 15. The fourth-order valence-electron chi connectivity index (χ4n) is 1.44. The van der Waals surface area contributed by atoms with Gasteiger partial charge in [-0.2, -0.15) is 57.1 Å². The van der Waals surface area contributed by atoms with Gasteiger partial charge in [0.25, 0.3) is 5.67 Å². The zero-order valence-corrected chi connectivity index (χ0v) is 12.1. The van der Waals surface area contributed by atoms with Crippen LogP contribution in [0.2, 0.25) is 0 Å². The molecule has 0 amide bonds. The Morgan fingerprint density at radius 3 is 0.923 bits per heavy atom. The average molecular weight is 428 g/mol. The van der Waals surface area contributed by atoms with Gasteiger partial charge in [0.05, 0.1) is 0 Å². The molecule has 1 N–H and O–H groups in total. The largest absolute Gasteiger partial charge is 0.428 e. The lowest BCUT2D eigenvalue weighted by atomic mass is 9.81. The van der Waals surface area contributed by atoms with E-state index in [1.807, 2.05) is 0 Å². The third-order valence-electron chi connectivity index (χ3n) is 3.47. The summed E-state index contributed by atoms with van der Waals surface area (Å²) in [6.45, 7) is -2.89. The first-order valence-corrected chi connectivity index (χ1v) is 5.81. The third kappa shape index (κ3) is 2.87. The van der Waals surface area contributed by atoms with E-state index in [9.17, 15) is 65.9 Å². The molecule has 158 valence electrons. The van der Waals surface area contributed by atoms with E-state index in [2.05, 4.69) is 0 Å². The first-order valence-electron chi connectivity index (χ1n) is 5.81. The Hall–Kier alpha value is -1.09. The van der Waals surface area contributed by atoms with E-state index in [-0.39, 0.29) is 0 Å². The third-order valence-corrected chi connectivity index (χ3v) is 3.47. The fraction of sp³-hybridized carbons (Fsp3) is 1.00. The average Bonchev–Trinajstić information content (AvgIpc) is 2.34. The van der Waals surface area contributed by atoms with E-state index in [4.69, 9.17) is 5.11 Å². The maximum absolute atomic E-state index is 13.5. The van der Waals surface area contributed by atoms with Crippen LogP contribution in [0.25, 0.3) is 0 Å². The summed E-state index contributed by atoms with van der Waals surface area (Å²) in [5.74, 6) is -30.5. The van der Waals surface area contributed by atoms with Crippen LogP contribution >= 0.6 is 0 Å². The topological polar surface area (TPSA) is 20.2 Å². The van der Waals surface area contributed by atoms with Crippen LogP contribution in [0.3, 0.4) is 0 Å². The van der Waals surface area contributed by atoms with Gasteiger partial charge in [-0.15, -0.1) is 0 Å². The SMILES string of the molecule is CC(F)(C(F)(F)F)C(F)(F)C(F)(F)C(F)(F)C(C)(F)C(F)(F)C(O)(F)F. The van der Waals surface area contributed by atoms with Gasteiger partial charge >= 0.3 is 36.0 Å². The van der Waals surface area contributed by atoms with Crippen molar-refractivity contribution in [1.82, 2.24) is 0 Å². The molecule has 0 spiro atoms. The summed E-state index contributed by atoms with van der Waals surface area (Å²) in [6.07, 6.45) is -13.8. The molecule has 0 aliphatic rings. The molecular formula is C10H7F15O. The minimum absolute atomic E-state index is 1.38. The molecular weight excluding hydrogens is 421 g/mol.